The number of nitrogens with two attached hydrogens (primary N) is 1. The van der Waals surface area contributed by atoms with Gasteiger partial charge in [-0.15, -0.1) is 0 Å². The van der Waals surface area contributed by atoms with E-state index in [9.17, 15) is 14.4 Å². The monoisotopic (exact) mass is 368 g/mol. The van der Waals surface area contributed by atoms with Gasteiger partial charge in [-0.05, 0) is 36.2 Å². The van der Waals surface area contributed by atoms with Crippen molar-refractivity contribution in [3.05, 3.63) is 65.2 Å². The van der Waals surface area contributed by atoms with Gasteiger partial charge in [0.15, 0.2) is 0 Å². The average molecular weight is 368 g/mol. The second-order valence-corrected chi connectivity index (χ2v) is 6.42. The van der Waals surface area contributed by atoms with Gasteiger partial charge in [-0.1, -0.05) is 24.3 Å². The van der Waals surface area contributed by atoms with Crippen molar-refractivity contribution in [2.75, 3.05) is 13.1 Å². The first kappa shape index (κ1) is 18.4. The number of ether oxygens (including phenoxy) is 1. The predicted molar refractivity (Wildman–Crippen MR) is 97.4 cm³/mol. The lowest BCUT2D eigenvalue weighted by Gasteiger charge is -2.16. The summed E-state index contributed by atoms with van der Waals surface area (Å²) in [5.41, 5.74) is 6.87. The molecule has 1 unspecified atom stereocenters. The Kier molecular flexibility index (Phi) is 5.40. The zero-order valence-corrected chi connectivity index (χ0v) is 14.6. The van der Waals surface area contributed by atoms with Crippen LogP contribution in [-0.4, -0.2) is 40.9 Å². The third-order valence-electron chi connectivity index (χ3n) is 4.55. The molecule has 7 nitrogen and oxygen atoms in total. The number of likely N-dealkylation sites (tertiary alicyclic amines) is 1. The highest BCUT2D eigenvalue weighted by atomic mass is 16.5. The van der Waals surface area contributed by atoms with Crippen LogP contribution in [0.2, 0.25) is 0 Å². The molecule has 0 radical (unpaired) electrons. The fourth-order valence-electron chi connectivity index (χ4n) is 3.08. The first-order valence-corrected chi connectivity index (χ1v) is 8.58. The molecule has 1 atom stereocenters. The number of carboxylic acid groups (broad SMARTS) is 1. The van der Waals surface area contributed by atoms with Crippen molar-refractivity contribution in [2.24, 2.45) is 11.7 Å². The number of hydrogen-bond donors (Lipinski definition) is 2. The highest BCUT2D eigenvalue weighted by Gasteiger charge is 2.31. The molecule has 1 heterocycles. The van der Waals surface area contributed by atoms with Crippen molar-refractivity contribution in [3.63, 3.8) is 0 Å². The summed E-state index contributed by atoms with van der Waals surface area (Å²) in [5, 5.41) is 9.08. The Morgan fingerprint density at radius 1 is 1.15 bits per heavy atom. The van der Waals surface area contributed by atoms with Crippen LogP contribution in [0.1, 0.15) is 32.7 Å². The first-order valence-electron chi connectivity index (χ1n) is 8.58. The maximum atomic E-state index is 12.6. The summed E-state index contributed by atoms with van der Waals surface area (Å²) in [4.78, 5) is 36.7. The van der Waals surface area contributed by atoms with Crippen LogP contribution in [-0.2, 0) is 11.4 Å². The van der Waals surface area contributed by atoms with Crippen molar-refractivity contribution in [2.45, 2.75) is 13.0 Å². The zero-order valence-electron chi connectivity index (χ0n) is 14.6. The Bertz CT molecular complexity index is 880. The van der Waals surface area contributed by atoms with E-state index < -0.39 is 17.8 Å². The van der Waals surface area contributed by atoms with Gasteiger partial charge in [-0.3, -0.25) is 14.4 Å². The summed E-state index contributed by atoms with van der Waals surface area (Å²) in [6.07, 6.45) is 0.466. The molecule has 0 aromatic heterocycles. The van der Waals surface area contributed by atoms with Gasteiger partial charge in [-0.2, -0.15) is 0 Å². The van der Waals surface area contributed by atoms with Gasteiger partial charge in [0.2, 0.25) is 0 Å². The number of amides is 2. The largest absolute Gasteiger partial charge is 0.488 e. The molecule has 0 spiro atoms. The molecular formula is C20H20N2O5. The molecule has 0 aliphatic carbocycles. The van der Waals surface area contributed by atoms with Crippen LogP contribution < -0.4 is 10.5 Å². The SMILES string of the molecule is NC(=O)c1ccccc1OCc1cccc(C(=O)N2CCC(C(=O)O)C2)c1. The van der Waals surface area contributed by atoms with E-state index in [1.807, 2.05) is 6.07 Å². The van der Waals surface area contributed by atoms with Gasteiger partial charge in [0.1, 0.15) is 12.4 Å². The van der Waals surface area contributed by atoms with Crippen molar-refractivity contribution >= 4 is 17.8 Å². The van der Waals surface area contributed by atoms with Gasteiger partial charge < -0.3 is 20.5 Å². The van der Waals surface area contributed by atoms with Crippen LogP contribution in [0, 0.1) is 5.92 Å². The standard InChI is InChI=1S/C20H20N2O5/c21-18(23)16-6-1-2-7-17(16)27-12-13-4-3-5-14(10-13)19(24)22-9-8-15(11-22)20(25)26/h1-7,10,15H,8-9,11-12H2,(H2,21,23)(H,25,26). The zero-order chi connectivity index (χ0) is 19.4. The normalized spacial score (nSPS) is 16.1. The number of carboxylic acids is 1. The number of para-hydroxylation sites is 1. The van der Waals surface area contributed by atoms with E-state index in [2.05, 4.69) is 0 Å². The minimum absolute atomic E-state index is 0.170. The smallest absolute Gasteiger partial charge is 0.308 e. The first-order chi connectivity index (χ1) is 13.0. The van der Waals surface area contributed by atoms with Crippen LogP contribution in [0.25, 0.3) is 0 Å². The van der Waals surface area contributed by atoms with Gasteiger partial charge >= 0.3 is 5.97 Å². The van der Waals surface area contributed by atoms with E-state index in [0.717, 1.165) is 5.56 Å². The summed E-state index contributed by atoms with van der Waals surface area (Å²) in [7, 11) is 0. The molecule has 2 aromatic carbocycles. The van der Waals surface area contributed by atoms with Gasteiger partial charge in [0.25, 0.3) is 11.8 Å². The number of rotatable bonds is 6. The van der Waals surface area contributed by atoms with Crippen molar-refractivity contribution < 1.29 is 24.2 Å². The lowest BCUT2D eigenvalue weighted by molar-refractivity contribution is -0.141. The molecule has 1 aliphatic heterocycles. The number of primary amides is 1. The number of carbonyl (C=O) groups excluding carboxylic acids is 2. The fourth-order valence-corrected chi connectivity index (χ4v) is 3.08. The maximum absolute atomic E-state index is 12.6. The third kappa shape index (κ3) is 4.25. The maximum Gasteiger partial charge on any atom is 0.308 e. The van der Waals surface area contributed by atoms with Crippen LogP contribution in [0.15, 0.2) is 48.5 Å². The number of carbonyl (C=O) groups is 3. The lowest BCUT2D eigenvalue weighted by Crippen LogP contribution is -2.30. The second-order valence-electron chi connectivity index (χ2n) is 6.42. The quantitative estimate of drug-likeness (QED) is 0.809. The van der Waals surface area contributed by atoms with E-state index in [4.69, 9.17) is 15.6 Å². The molecule has 0 bridgehead atoms. The minimum atomic E-state index is -0.874. The van der Waals surface area contributed by atoms with E-state index in [1.54, 1.807) is 47.4 Å². The molecule has 140 valence electrons. The van der Waals surface area contributed by atoms with Crippen molar-refractivity contribution in [3.8, 4) is 5.75 Å². The Labute approximate surface area is 156 Å². The fraction of sp³-hybridized carbons (Fsp3) is 0.250. The van der Waals surface area contributed by atoms with E-state index >= 15 is 0 Å². The molecule has 1 aliphatic rings. The van der Waals surface area contributed by atoms with Crippen LogP contribution in [0.3, 0.4) is 0 Å². The topological polar surface area (TPSA) is 110 Å². The molecule has 7 heteroatoms. The van der Waals surface area contributed by atoms with Crippen LogP contribution in [0.5, 0.6) is 5.75 Å². The van der Waals surface area contributed by atoms with Crippen LogP contribution in [0.4, 0.5) is 0 Å². The van der Waals surface area contributed by atoms with Gasteiger partial charge in [0.05, 0.1) is 11.5 Å². The highest BCUT2D eigenvalue weighted by molar-refractivity contribution is 5.96. The Hall–Kier alpha value is -3.35. The van der Waals surface area contributed by atoms with Gasteiger partial charge in [-0.25, -0.2) is 0 Å². The van der Waals surface area contributed by atoms with Crippen LogP contribution >= 0.6 is 0 Å². The number of hydrogen-bond acceptors (Lipinski definition) is 4. The molecular weight excluding hydrogens is 348 g/mol. The average Bonchev–Trinajstić information content (AvgIpc) is 3.16. The second kappa shape index (κ2) is 7.90. The van der Waals surface area contributed by atoms with E-state index in [-0.39, 0.29) is 19.1 Å². The summed E-state index contributed by atoms with van der Waals surface area (Å²) in [6, 6.07) is 13.7. The Balaban J connectivity index is 1.69. The summed E-state index contributed by atoms with van der Waals surface area (Å²) in [5.74, 6) is -1.77. The number of nitrogens with zero attached hydrogens (tertiary/aromatic N) is 1. The summed E-state index contributed by atoms with van der Waals surface area (Å²) < 4.78 is 5.69. The summed E-state index contributed by atoms with van der Waals surface area (Å²) in [6.45, 7) is 0.826. The molecule has 2 amide bonds. The Morgan fingerprint density at radius 3 is 2.63 bits per heavy atom. The third-order valence-corrected chi connectivity index (χ3v) is 4.55. The van der Waals surface area contributed by atoms with E-state index in [1.165, 1.54) is 0 Å². The van der Waals surface area contributed by atoms with E-state index in [0.29, 0.717) is 29.8 Å². The predicted octanol–water partition coefficient (Wildman–Crippen LogP) is 1.91. The number of benzene rings is 2. The van der Waals surface area contributed by atoms with Crippen molar-refractivity contribution in [1.29, 1.82) is 0 Å². The molecule has 3 N–H and O–H groups in total. The molecule has 1 fully saturated rings. The van der Waals surface area contributed by atoms with Gasteiger partial charge in [0, 0.05) is 18.7 Å². The number of aliphatic carboxylic acids is 1. The van der Waals surface area contributed by atoms with Crippen molar-refractivity contribution in [1.82, 2.24) is 4.90 Å². The minimum Gasteiger partial charge on any atom is -0.488 e. The molecule has 2 aromatic rings. The Morgan fingerprint density at radius 2 is 1.93 bits per heavy atom. The lowest BCUT2D eigenvalue weighted by atomic mass is 10.1. The highest BCUT2D eigenvalue weighted by Crippen LogP contribution is 2.21. The molecule has 1 saturated heterocycles. The molecule has 0 saturated carbocycles. The molecule has 27 heavy (non-hydrogen) atoms. The summed E-state index contributed by atoms with van der Waals surface area (Å²) >= 11 is 0. The molecule has 3 rings (SSSR count).